The van der Waals surface area contributed by atoms with Crippen LogP contribution in [0.3, 0.4) is 0 Å². The molecule has 0 saturated carbocycles. The number of benzene rings is 1. The fourth-order valence-corrected chi connectivity index (χ4v) is 2.50. The van der Waals surface area contributed by atoms with Crippen LogP contribution in [-0.4, -0.2) is 22.7 Å². The number of thiazole rings is 1. The number of hydrogen-bond acceptors (Lipinski definition) is 4. The quantitative estimate of drug-likeness (QED) is 0.891. The molecule has 1 aromatic carbocycles. The molecular formula is C13H15FN2OS. The molecule has 1 unspecified atom stereocenters. The number of aryl methyl sites for hydroxylation is 1. The SMILES string of the molecule is Cc1cc(-c2csc(CC(O)CN)n2)ccc1F. The summed E-state index contributed by atoms with van der Waals surface area (Å²) in [6.07, 6.45) is -0.0969. The molecule has 2 aromatic rings. The van der Waals surface area contributed by atoms with E-state index in [1.54, 1.807) is 19.1 Å². The van der Waals surface area contributed by atoms with Crippen molar-refractivity contribution >= 4 is 11.3 Å². The normalized spacial score (nSPS) is 12.7. The summed E-state index contributed by atoms with van der Waals surface area (Å²) in [7, 11) is 0. The number of rotatable bonds is 4. The maximum atomic E-state index is 13.2. The molecule has 0 spiro atoms. The molecule has 1 heterocycles. The Morgan fingerprint density at radius 2 is 2.28 bits per heavy atom. The molecule has 3 N–H and O–H groups in total. The lowest BCUT2D eigenvalue weighted by atomic mass is 10.1. The van der Waals surface area contributed by atoms with Crippen molar-refractivity contribution in [3.05, 3.63) is 40.0 Å². The third-order valence-electron chi connectivity index (χ3n) is 2.69. The molecule has 0 saturated heterocycles. The van der Waals surface area contributed by atoms with E-state index in [1.165, 1.54) is 17.4 Å². The third-order valence-corrected chi connectivity index (χ3v) is 3.56. The van der Waals surface area contributed by atoms with E-state index in [9.17, 15) is 9.50 Å². The third kappa shape index (κ3) is 2.93. The highest BCUT2D eigenvalue weighted by Crippen LogP contribution is 2.24. The molecule has 3 nitrogen and oxygen atoms in total. The van der Waals surface area contributed by atoms with Crippen molar-refractivity contribution in [1.29, 1.82) is 0 Å². The summed E-state index contributed by atoms with van der Waals surface area (Å²) in [5, 5.41) is 12.2. The molecule has 0 radical (unpaired) electrons. The Bertz CT molecular complexity index is 542. The van der Waals surface area contributed by atoms with Crippen molar-refractivity contribution < 1.29 is 9.50 Å². The predicted molar refractivity (Wildman–Crippen MR) is 71.0 cm³/mol. The van der Waals surface area contributed by atoms with Gasteiger partial charge in [-0.2, -0.15) is 0 Å². The molecule has 0 aliphatic heterocycles. The van der Waals surface area contributed by atoms with Gasteiger partial charge in [-0.15, -0.1) is 11.3 Å². The molecule has 18 heavy (non-hydrogen) atoms. The van der Waals surface area contributed by atoms with Gasteiger partial charge < -0.3 is 10.8 Å². The zero-order chi connectivity index (χ0) is 13.1. The summed E-state index contributed by atoms with van der Waals surface area (Å²) in [5.41, 5.74) is 7.66. The predicted octanol–water partition coefficient (Wildman–Crippen LogP) is 2.12. The van der Waals surface area contributed by atoms with Gasteiger partial charge in [-0.3, -0.25) is 0 Å². The number of aliphatic hydroxyl groups excluding tert-OH is 1. The first-order valence-corrected chi connectivity index (χ1v) is 6.57. The van der Waals surface area contributed by atoms with Gasteiger partial charge in [-0.05, 0) is 30.7 Å². The Balaban J connectivity index is 2.21. The first-order valence-electron chi connectivity index (χ1n) is 5.69. The van der Waals surface area contributed by atoms with Crippen LogP contribution in [0.4, 0.5) is 4.39 Å². The van der Waals surface area contributed by atoms with Gasteiger partial charge >= 0.3 is 0 Å². The molecule has 2 rings (SSSR count). The molecule has 96 valence electrons. The molecule has 0 bridgehead atoms. The summed E-state index contributed by atoms with van der Waals surface area (Å²) in [6.45, 7) is 1.95. The molecule has 5 heteroatoms. The summed E-state index contributed by atoms with van der Waals surface area (Å²) < 4.78 is 13.2. The van der Waals surface area contributed by atoms with Crippen LogP contribution >= 0.6 is 11.3 Å². The van der Waals surface area contributed by atoms with Crippen LogP contribution in [0.5, 0.6) is 0 Å². The number of aromatic nitrogens is 1. The number of nitrogens with zero attached hydrogens (tertiary/aromatic N) is 1. The molecular weight excluding hydrogens is 251 g/mol. The molecule has 1 aromatic heterocycles. The molecule has 0 amide bonds. The van der Waals surface area contributed by atoms with Crippen molar-refractivity contribution in [3.63, 3.8) is 0 Å². The maximum absolute atomic E-state index is 13.2. The van der Waals surface area contributed by atoms with Gasteiger partial charge in [0.15, 0.2) is 0 Å². The Labute approximate surface area is 109 Å². The maximum Gasteiger partial charge on any atom is 0.126 e. The standard InChI is InChI=1S/C13H15FN2OS/c1-8-4-9(2-3-11(8)14)12-7-18-13(16-12)5-10(17)6-15/h2-4,7,10,17H,5-6,15H2,1H3. The van der Waals surface area contributed by atoms with Gasteiger partial charge in [0.25, 0.3) is 0 Å². The second-order valence-electron chi connectivity index (χ2n) is 4.18. The molecule has 1 atom stereocenters. The number of nitrogens with two attached hydrogens (primary N) is 1. The second kappa shape index (κ2) is 5.56. The Kier molecular flexibility index (Phi) is 4.06. The zero-order valence-corrected chi connectivity index (χ0v) is 10.9. The van der Waals surface area contributed by atoms with E-state index in [4.69, 9.17) is 5.73 Å². The van der Waals surface area contributed by atoms with E-state index in [0.717, 1.165) is 16.3 Å². The first kappa shape index (κ1) is 13.1. The molecule has 0 aliphatic rings. The van der Waals surface area contributed by atoms with E-state index in [1.807, 2.05) is 5.38 Å². The topological polar surface area (TPSA) is 59.1 Å². The van der Waals surface area contributed by atoms with Crippen LogP contribution in [0, 0.1) is 12.7 Å². The number of hydrogen-bond donors (Lipinski definition) is 2. The lowest BCUT2D eigenvalue weighted by Crippen LogP contribution is -2.21. The summed E-state index contributed by atoms with van der Waals surface area (Å²) in [5.74, 6) is -0.215. The largest absolute Gasteiger partial charge is 0.391 e. The van der Waals surface area contributed by atoms with Crippen LogP contribution in [-0.2, 0) is 6.42 Å². The van der Waals surface area contributed by atoms with E-state index >= 15 is 0 Å². The van der Waals surface area contributed by atoms with E-state index in [-0.39, 0.29) is 12.4 Å². The van der Waals surface area contributed by atoms with E-state index < -0.39 is 6.10 Å². The van der Waals surface area contributed by atoms with Crippen molar-refractivity contribution in [2.75, 3.05) is 6.54 Å². The van der Waals surface area contributed by atoms with Crippen molar-refractivity contribution in [3.8, 4) is 11.3 Å². The van der Waals surface area contributed by atoms with Crippen molar-refractivity contribution in [2.45, 2.75) is 19.4 Å². The Hall–Kier alpha value is -1.30. The Morgan fingerprint density at radius 1 is 1.50 bits per heavy atom. The average Bonchev–Trinajstić information content (AvgIpc) is 2.81. The van der Waals surface area contributed by atoms with Crippen LogP contribution in [0.25, 0.3) is 11.3 Å². The number of aliphatic hydroxyl groups is 1. The summed E-state index contributed by atoms with van der Waals surface area (Å²) in [4.78, 5) is 4.42. The first-order chi connectivity index (χ1) is 8.60. The minimum absolute atomic E-state index is 0.215. The van der Waals surface area contributed by atoms with Gasteiger partial charge in [0.1, 0.15) is 5.82 Å². The van der Waals surface area contributed by atoms with Crippen LogP contribution in [0.1, 0.15) is 10.6 Å². The van der Waals surface area contributed by atoms with Crippen molar-refractivity contribution in [1.82, 2.24) is 4.98 Å². The summed E-state index contributed by atoms with van der Waals surface area (Å²) in [6, 6.07) is 4.92. The van der Waals surface area contributed by atoms with Crippen LogP contribution in [0.2, 0.25) is 0 Å². The van der Waals surface area contributed by atoms with Gasteiger partial charge in [0.05, 0.1) is 16.8 Å². The monoisotopic (exact) mass is 266 g/mol. The highest BCUT2D eigenvalue weighted by Gasteiger charge is 2.09. The van der Waals surface area contributed by atoms with Crippen LogP contribution in [0.15, 0.2) is 23.6 Å². The molecule has 0 fully saturated rings. The lowest BCUT2D eigenvalue weighted by Gasteiger charge is -2.03. The van der Waals surface area contributed by atoms with Gasteiger partial charge in [0, 0.05) is 23.9 Å². The highest BCUT2D eigenvalue weighted by molar-refractivity contribution is 7.09. The summed E-state index contributed by atoms with van der Waals surface area (Å²) >= 11 is 1.48. The van der Waals surface area contributed by atoms with Gasteiger partial charge in [0.2, 0.25) is 0 Å². The van der Waals surface area contributed by atoms with Gasteiger partial charge in [-0.25, -0.2) is 9.37 Å². The van der Waals surface area contributed by atoms with Gasteiger partial charge in [-0.1, -0.05) is 0 Å². The average molecular weight is 266 g/mol. The van der Waals surface area contributed by atoms with Crippen LogP contribution < -0.4 is 5.73 Å². The second-order valence-corrected chi connectivity index (χ2v) is 5.13. The van der Waals surface area contributed by atoms with E-state index in [0.29, 0.717) is 12.0 Å². The fraction of sp³-hybridized carbons (Fsp3) is 0.308. The fourth-order valence-electron chi connectivity index (χ4n) is 1.63. The minimum atomic E-state index is -0.557. The Morgan fingerprint density at radius 3 is 2.94 bits per heavy atom. The zero-order valence-electron chi connectivity index (χ0n) is 10.1. The highest BCUT2D eigenvalue weighted by atomic mass is 32.1. The minimum Gasteiger partial charge on any atom is -0.391 e. The molecule has 0 aliphatic carbocycles. The number of halogens is 1. The van der Waals surface area contributed by atoms with Crippen molar-refractivity contribution in [2.24, 2.45) is 5.73 Å². The van der Waals surface area contributed by atoms with E-state index in [2.05, 4.69) is 4.98 Å². The smallest absolute Gasteiger partial charge is 0.126 e. The lowest BCUT2D eigenvalue weighted by molar-refractivity contribution is 0.183.